The zero-order valence-corrected chi connectivity index (χ0v) is 9.41. The molecule has 0 unspecified atom stereocenters. The van der Waals surface area contributed by atoms with Crippen molar-refractivity contribution in [2.75, 3.05) is 6.54 Å². The molecular weight excluding hydrogens is 196 g/mol. The summed E-state index contributed by atoms with van der Waals surface area (Å²) in [6, 6.07) is 3.89. The highest BCUT2D eigenvalue weighted by Gasteiger charge is 1.99. The van der Waals surface area contributed by atoms with Crippen LogP contribution in [0.4, 0.5) is 0 Å². The molecule has 0 atom stereocenters. The maximum Gasteiger partial charge on any atom is 0.166 e. The van der Waals surface area contributed by atoms with E-state index in [1.807, 2.05) is 19.1 Å². The normalized spacial score (nSPS) is 9.86. The Morgan fingerprint density at radius 2 is 2.21 bits per heavy atom. The monoisotopic (exact) mass is 212 g/mol. The second-order valence-corrected chi connectivity index (χ2v) is 3.53. The summed E-state index contributed by atoms with van der Waals surface area (Å²) in [7, 11) is 0. The van der Waals surface area contributed by atoms with Crippen molar-refractivity contribution in [2.45, 2.75) is 26.8 Å². The molecule has 4 heteroatoms. The lowest BCUT2D eigenvalue weighted by atomic mass is 10.4. The van der Waals surface area contributed by atoms with Crippen LogP contribution in [0.15, 0.2) is 16.5 Å². The van der Waals surface area contributed by atoms with Gasteiger partial charge in [0.25, 0.3) is 0 Å². The molecule has 0 amide bonds. The van der Waals surface area contributed by atoms with Crippen LogP contribution in [0, 0.1) is 6.92 Å². The second kappa shape index (κ2) is 5.65. The molecule has 1 aromatic heterocycles. The summed E-state index contributed by atoms with van der Waals surface area (Å²) >= 11 is 5.06. The average molecular weight is 212 g/mol. The van der Waals surface area contributed by atoms with Crippen molar-refractivity contribution in [3.05, 3.63) is 23.7 Å². The smallest absolute Gasteiger partial charge is 0.166 e. The minimum atomic E-state index is 0.642. The van der Waals surface area contributed by atoms with Crippen LogP contribution in [0.3, 0.4) is 0 Å². The highest BCUT2D eigenvalue weighted by molar-refractivity contribution is 7.80. The lowest BCUT2D eigenvalue weighted by molar-refractivity contribution is 0.477. The number of thiocarbonyl (C=S) groups is 1. The number of nitrogens with one attached hydrogen (secondary N) is 2. The van der Waals surface area contributed by atoms with Crippen LogP contribution in [0.1, 0.15) is 24.9 Å². The Morgan fingerprint density at radius 1 is 1.43 bits per heavy atom. The van der Waals surface area contributed by atoms with Gasteiger partial charge in [-0.05, 0) is 37.7 Å². The van der Waals surface area contributed by atoms with E-state index in [0.717, 1.165) is 24.5 Å². The van der Waals surface area contributed by atoms with E-state index in [2.05, 4.69) is 17.6 Å². The van der Waals surface area contributed by atoms with Gasteiger partial charge < -0.3 is 15.1 Å². The molecule has 0 aliphatic carbocycles. The van der Waals surface area contributed by atoms with Gasteiger partial charge in [-0.1, -0.05) is 6.92 Å². The maximum absolute atomic E-state index is 5.39. The van der Waals surface area contributed by atoms with Crippen molar-refractivity contribution in [2.24, 2.45) is 0 Å². The number of hydrogen-bond acceptors (Lipinski definition) is 2. The van der Waals surface area contributed by atoms with Crippen molar-refractivity contribution < 1.29 is 4.42 Å². The van der Waals surface area contributed by atoms with E-state index < -0.39 is 0 Å². The van der Waals surface area contributed by atoms with E-state index >= 15 is 0 Å². The fraction of sp³-hybridized carbons (Fsp3) is 0.500. The molecule has 0 fully saturated rings. The van der Waals surface area contributed by atoms with Crippen LogP contribution in [-0.2, 0) is 6.54 Å². The van der Waals surface area contributed by atoms with Crippen molar-refractivity contribution >= 4 is 17.3 Å². The van der Waals surface area contributed by atoms with Crippen LogP contribution < -0.4 is 10.6 Å². The summed E-state index contributed by atoms with van der Waals surface area (Å²) in [4.78, 5) is 0. The van der Waals surface area contributed by atoms with E-state index in [-0.39, 0.29) is 0 Å². The van der Waals surface area contributed by atoms with E-state index in [9.17, 15) is 0 Å². The highest BCUT2D eigenvalue weighted by atomic mass is 32.1. The molecule has 14 heavy (non-hydrogen) atoms. The Labute approximate surface area is 89.9 Å². The Morgan fingerprint density at radius 3 is 2.79 bits per heavy atom. The first kappa shape index (κ1) is 11.0. The fourth-order valence-corrected chi connectivity index (χ4v) is 1.22. The molecular formula is C10H16N2OS. The summed E-state index contributed by atoms with van der Waals surface area (Å²) in [5, 5.41) is 6.84. The fourth-order valence-electron chi connectivity index (χ4n) is 1.05. The van der Waals surface area contributed by atoms with Gasteiger partial charge in [-0.2, -0.15) is 0 Å². The van der Waals surface area contributed by atoms with Gasteiger partial charge >= 0.3 is 0 Å². The molecule has 1 aromatic rings. The van der Waals surface area contributed by atoms with Gasteiger partial charge in [0, 0.05) is 6.54 Å². The first-order valence-electron chi connectivity index (χ1n) is 4.79. The van der Waals surface area contributed by atoms with Gasteiger partial charge in [0.2, 0.25) is 0 Å². The van der Waals surface area contributed by atoms with Crippen molar-refractivity contribution in [1.29, 1.82) is 0 Å². The number of furan rings is 1. The molecule has 1 rings (SSSR count). The molecule has 0 bridgehead atoms. The lowest BCUT2D eigenvalue weighted by Gasteiger charge is -2.07. The van der Waals surface area contributed by atoms with E-state index in [4.69, 9.17) is 16.6 Å². The van der Waals surface area contributed by atoms with Gasteiger partial charge in [0.1, 0.15) is 11.5 Å². The molecule has 0 aliphatic heterocycles. The Balaban J connectivity index is 2.23. The molecule has 78 valence electrons. The second-order valence-electron chi connectivity index (χ2n) is 3.12. The molecule has 2 N–H and O–H groups in total. The molecule has 0 saturated carbocycles. The first-order chi connectivity index (χ1) is 6.72. The summed E-state index contributed by atoms with van der Waals surface area (Å²) in [6.07, 6.45) is 1.07. The highest BCUT2D eigenvalue weighted by Crippen LogP contribution is 2.04. The van der Waals surface area contributed by atoms with Gasteiger partial charge in [0.05, 0.1) is 6.54 Å². The van der Waals surface area contributed by atoms with Crippen LogP contribution in [-0.4, -0.2) is 11.7 Å². The number of rotatable bonds is 4. The Kier molecular flexibility index (Phi) is 4.46. The van der Waals surface area contributed by atoms with E-state index in [0.29, 0.717) is 11.7 Å². The SMILES string of the molecule is CCCNC(=S)NCc1ccc(C)o1. The average Bonchev–Trinajstić information content (AvgIpc) is 2.58. The van der Waals surface area contributed by atoms with E-state index in [1.54, 1.807) is 0 Å². The third-order valence-corrected chi connectivity index (χ3v) is 2.04. The predicted octanol–water partition coefficient (Wildman–Crippen LogP) is 1.96. The molecule has 0 saturated heterocycles. The number of aryl methyl sites for hydroxylation is 1. The van der Waals surface area contributed by atoms with Crippen LogP contribution >= 0.6 is 12.2 Å². The van der Waals surface area contributed by atoms with Gasteiger partial charge in [0.15, 0.2) is 5.11 Å². The Hall–Kier alpha value is -1.03. The topological polar surface area (TPSA) is 37.2 Å². The van der Waals surface area contributed by atoms with Crippen LogP contribution in [0.5, 0.6) is 0 Å². The maximum atomic E-state index is 5.39. The molecule has 0 spiro atoms. The molecule has 1 heterocycles. The van der Waals surface area contributed by atoms with Crippen LogP contribution in [0.25, 0.3) is 0 Å². The van der Waals surface area contributed by atoms with Gasteiger partial charge in [-0.15, -0.1) is 0 Å². The zero-order valence-electron chi connectivity index (χ0n) is 8.59. The van der Waals surface area contributed by atoms with Gasteiger partial charge in [-0.25, -0.2) is 0 Å². The molecule has 0 aromatic carbocycles. The third kappa shape index (κ3) is 3.79. The largest absolute Gasteiger partial charge is 0.465 e. The molecule has 0 aliphatic rings. The number of hydrogen-bond donors (Lipinski definition) is 2. The minimum Gasteiger partial charge on any atom is -0.465 e. The summed E-state index contributed by atoms with van der Waals surface area (Å²) < 4.78 is 5.39. The minimum absolute atomic E-state index is 0.642. The van der Waals surface area contributed by atoms with Crippen LogP contribution in [0.2, 0.25) is 0 Å². The third-order valence-electron chi connectivity index (χ3n) is 1.75. The summed E-state index contributed by atoms with van der Waals surface area (Å²) in [5.74, 6) is 1.83. The summed E-state index contributed by atoms with van der Waals surface area (Å²) in [5.41, 5.74) is 0. The Bertz CT molecular complexity index is 296. The van der Waals surface area contributed by atoms with E-state index in [1.165, 1.54) is 0 Å². The van der Waals surface area contributed by atoms with Crippen molar-refractivity contribution in [3.8, 4) is 0 Å². The molecule has 3 nitrogen and oxygen atoms in total. The lowest BCUT2D eigenvalue weighted by Crippen LogP contribution is -2.34. The van der Waals surface area contributed by atoms with Gasteiger partial charge in [-0.3, -0.25) is 0 Å². The first-order valence-corrected chi connectivity index (χ1v) is 5.20. The predicted molar refractivity (Wildman–Crippen MR) is 61.2 cm³/mol. The van der Waals surface area contributed by atoms with Crippen molar-refractivity contribution in [3.63, 3.8) is 0 Å². The standard InChI is InChI=1S/C10H16N2OS/c1-3-6-11-10(14)12-7-9-5-4-8(2)13-9/h4-5H,3,6-7H2,1-2H3,(H2,11,12,14). The molecule has 0 radical (unpaired) electrons. The summed E-state index contributed by atoms with van der Waals surface area (Å²) in [6.45, 7) is 5.58. The quantitative estimate of drug-likeness (QED) is 0.748. The van der Waals surface area contributed by atoms with Crippen molar-refractivity contribution in [1.82, 2.24) is 10.6 Å². The zero-order chi connectivity index (χ0) is 10.4.